The largest absolute Gasteiger partial charge is 0.487 e. The van der Waals surface area contributed by atoms with E-state index in [0.29, 0.717) is 10.6 Å². The van der Waals surface area contributed by atoms with Crippen molar-refractivity contribution in [1.82, 2.24) is 0 Å². The van der Waals surface area contributed by atoms with Crippen LogP contribution in [0.25, 0.3) is 0 Å². The molecule has 21 heavy (non-hydrogen) atoms. The van der Waals surface area contributed by atoms with E-state index in [-0.39, 0.29) is 23.5 Å². The summed E-state index contributed by atoms with van der Waals surface area (Å²) >= 11 is 6.02. The summed E-state index contributed by atoms with van der Waals surface area (Å²) in [6, 6.07) is 10.4. The van der Waals surface area contributed by atoms with Crippen LogP contribution in [0, 0.1) is 17.1 Å². The monoisotopic (exact) mass is 304 g/mol. The van der Waals surface area contributed by atoms with Crippen molar-refractivity contribution < 1.29 is 13.9 Å². The van der Waals surface area contributed by atoms with Gasteiger partial charge in [0.1, 0.15) is 29.8 Å². The predicted octanol–water partition coefficient (Wildman–Crippen LogP) is 3.03. The third kappa shape index (κ3) is 3.30. The first-order valence-electron chi connectivity index (χ1n) is 5.92. The molecule has 0 unspecified atom stereocenters. The Kier molecular flexibility index (Phi) is 4.41. The number of primary amides is 1. The van der Waals surface area contributed by atoms with Crippen LogP contribution in [0.4, 0.5) is 4.39 Å². The van der Waals surface area contributed by atoms with Crippen LogP contribution >= 0.6 is 11.6 Å². The molecular weight excluding hydrogens is 295 g/mol. The van der Waals surface area contributed by atoms with Crippen molar-refractivity contribution in [3.05, 3.63) is 63.9 Å². The van der Waals surface area contributed by atoms with Gasteiger partial charge in [0.15, 0.2) is 0 Å². The summed E-state index contributed by atoms with van der Waals surface area (Å²) in [5, 5.41) is 9.21. The van der Waals surface area contributed by atoms with E-state index < -0.39 is 11.7 Å². The molecule has 0 saturated heterocycles. The van der Waals surface area contributed by atoms with E-state index in [1.54, 1.807) is 12.1 Å². The van der Waals surface area contributed by atoms with Crippen molar-refractivity contribution in [1.29, 1.82) is 5.26 Å². The standard InChI is InChI=1S/C15H10ClFN2O2/c16-12-6-9(15(19)20)4-5-10(12)8-21-14-3-1-2-13(17)11(14)7-18/h1-6H,8H2,(H2,19,20). The summed E-state index contributed by atoms with van der Waals surface area (Å²) in [6.45, 7) is 0.0377. The molecule has 2 aromatic carbocycles. The molecule has 0 aromatic heterocycles. The van der Waals surface area contributed by atoms with E-state index in [1.165, 1.54) is 30.3 Å². The van der Waals surface area contributed by atoms with Crippen LogP contribution < -0.4 is 10.5 Å². The van der Waals surface area contributed by atoms with Crippen LogP contribution in [0.1, 0.15) is 21.5 Å². The van der Waals surface area contributed by atoms with Gasteiger partial charge in [0.25, 0.3) is 0 Å². The van der Waals surface area contributed by atoms with E-state index in [0.717, 1.165) is 0 Å². The number of hydrogen-bond donors (Lipinski definition) is 1. The number of rotatable bonds is 4. The maximum atomic E-state index is 13.4. The lowest BCUT2D eigenvalue weighted by Gasteiger charge is -2.10. The minimum atomic E-state index is -0.648. The summed E-state index contributed by atoms with van der Waals surface area (Å²) in [4.78, 5) is 11.0. The molecule has 0 atom stereocenters. The number of carbonyl (C=O) groups excluding carboxylic acids is 1. The predicted molar refractivity (Wildman–Crippen MR) is 75.4 cm³/mol. The molecule has 0 heterocycles. The average Bonchev–Trinajstić information content (AvgIpc) is 2.45. The van der Waals surface area contributed by atoms with Crippen LogP contribution in [-0.2, 0) is 6.61 Å². The maximum absolute atomic E-state index is 13.4. The Balaban J connectivity index is 2.20. The first-order chi connectivity index (χ1) is 10.0. The van der Waals surface area contributed by atoms with Gasteiger partial charge in [0.2, 0.25) is 5.91 Å². The highest BCUT2D eigenvalue weighted by molar-refractivity contribution is 6.31. The molecule has 2 N–H and O–H groups in total. The van der Waals surface area contributed by atoms with Crippen molar-refractivity contribution in [2.24, 2.45) is 5.73 Å². The Bertz CT molecular complexity index is 741. The van der Waals surface area contributed by atoms with E-state index in [9.17, 15) is 9.18 Å². The van der Waals surface area contributed by atoms with Crippen molar-refractivity contribution in [3.63, 3.8) is 0 Å². The number of amides is 1. The molecule has 0 spiro atoms. The van der Waals surface area contributed by atoms with Crippen molar-refractivity contribution in [3.8, 4) is 11.8 Å². The fourth-order valence-electron chi connectivity index (χ4n) is 1.71. The molecule has 0 aliphatic heterocycles. The molecule has 106 valence electrons. The Morgan fingerprint density at radius 2 is 2.14 bits per heavy atom. The molecule has 2 aromatic rings. The second-order valence-electron chi connectivity index (χ2n) is 4.18. The number of benzene rings is 2. The molecule has 0 saturated carbocycles. The molecule has 0 fully saturated rings. The smallest absolute Gasteiger partial charge is 0.248 e. The quantitative estimate of drug-likeness (QED) is 0.943. The number of halogens is 2. The van der Waals surface area contributed by atoms with Gasteiger partial charge in [-0.2, -0.15) is 5.26 Å². The molecule has 0 aliphatic carbocycles. The van der Waals surface area contributed by atoms with Crippen molar-refractivity contribution in [2.45, 2.75) is 6.61 Å². The fourth-order valence-corrected chi connectivity index (χ4v) is 1.94. The lowest BCUT2D eigenvalue weighted by atomic mass is 10.1. The Hall–Kier alpha value is -2.58. The minimum absolute atomic E-state index is 0.0377. The van der Waals surface area contributed by atoms with E-state index in [1.807, 2.05) is 0 Å². The zero-order chi connectivity index (χ0) is 15.4. The van der Waals surface area contributed by atoms with Crippen molar-refractivity contribution >= 4 is 17.5 Å². The lowest BCUT2D eigenvalue weighted by Crippen LogP contribution is -2.11. The van der Waals surface area contributed by atoms with Gasteiger partial charge in [0.05, 0.1) is 0 Å². The summed E-state index contributed by atoms with van der Waals surface area (Å²) in [6.07, 6.45) is 0. The van der Waals surface area contributed by atoms with Gasteiger partial charge in [-0.1, -0.05) is 23.7 Å². The van der Waals surface area contributed by atoms with Gasteiger partial charge in [0, 0.05) is 16.1 Å². The first-order valence-corrected chi connectivity index (χ1v) is 6.30. The Labute approximate surface area is 125 Å². The summed E-state index contributed by atoms with van der Waals surface area (Å²) in [7, 11) is 0. The number of nitrogens with zero attached hydrogens (tertiary/aromatic N) is 1. The highest BCUT2D eigenvalue weighted by atomic mass is 35.5. The molecule has 0 aliphatic rings. The highest BCUT2D eigenvalue weighted by Crippen LogP contribution is 2.24. The van der Waals surface area contributed by atoms with Gasteiger partial charge in [-0.05, 0) is 24.3 Å². The topological polar surface area (TPSA) is 76.1 Å². The average molecular weight is 305 g/mol. The van der Waals surface area contributed by atoms with Crippen LogP contribution in [0.5, 0.6) is 5.75 Å². The second-order valence-corrected chi connectivity index (χ2v) is 4.59. The van der Waals surface area contributed by atoms with Gasteiger partial charge in [-0.3, -0.25) is 4.79 Å². The molecule has 6 heteroatoms. The molecule has 0 bridgehead atoms. The third-order valence-corrected chi connectivity index (χ3v) is 3.16. The van der Waals surface area contributed by atoms with E-state index in [4.69, 9.17) is 27.3 Å². The Morgan fingerprint density at radius 1 is 1.38 bits per heavy atom. The minimum Gasteiger partial charge on any atom is -0.487 e. The first kappa shape index (κ1) is 14.8. The molecule has 4 nitrogen and oxygen atoms in total. The van der Waals surface area contributed by atoms with Gasteiger partial charge in [-0.15, -0.1) is 0 Å². The van der Waals surface area contributed by atoms with Crippen LogP contribution in [0.15, 0.2) is 36.4 Å². The summed E-state index contributed by atoms with van der Waals surface area (Å²) in [5.74, 6) is -1.10. The zero-order valence-electron chi connectivity index (χ0n) is 10.8. The summed E-state index contributed by atoms with van der Waals surface area (Å²) < 4.78 is 18.8. The molecule has 0 radical (unpaired) electrons. The molecular formula is C15H10ClFN2O2. The molecule has 1 amide bonds. The fraction of sp³-hybridized carbons (Fsp3) is 0.0667. The van der Waals surface area contributed by atoms with Gasteiger partial charge >= 0.3 is 0 Å². The maximum Gasteiger partial charge on any atom is 0.248 e. The van der Waals surface area contributed by atoms with Crippen molar-refractivity contribution in [2.75, 3.05) is 0 Å². The molecule has 2 rings (SSSR count). The second kappa shape index (κ2) is 6.25. The van der Waals surface area contributed by atoms with E-state index >= 15 is 0 Å². The Morgan fingerprint density at radius 3 is 2.76 bits per heavy atom. The number of nitrogens with two attached hydrogens (primary N) is 1. The van der Waals surface area contributed by atoms with E-state index in [2.05, 4.69) is 0 Å². The van der Waals surface area contributed by atoms with Crippen LogP contribution in [-0.4, -0.2) is 5.91 Å². The number of hydrogen-bond acceptors (Lipinski definition) is 3. The van der Waals surface area contributed by atoms with Gasteiger partial charge in [-0.25, -0.2) is 4.39 Å². The van der Waals surface area contributed by atoms with Crippen LogP contribution in [0.3, 0.4) is 0 Å². The zero-order valence-corrected chi connectivity index (χ0v) is 11.5. The van der Waals surface area contributed by atoms with Gasteiger partial charge < -0.3 is 10.5 Å². The number of ether oxygens (including phenoxy) is 1. The number of carbonyl (C=O) groups is 1. The SMILES string of the molecule is N#Cc1c(F)cccc1OCc1ccc(C(N)=O)cc1Cl. The third-order valence-electron chi connectivity index (χ3n) is 2.81. The highest BCUT2D eigenvalue weighted by Gasteiger charge is 2.11. The number of nitriles is 1. The summed E-state index contributed by atoms with van der Waals surface area (Å²) in [5.41, 5.74) is 5.86. The lowest BCUT2D eigenvalue weighted by molar-refractivity contribution is 0.1000. The normalized spacial score (nSPS) is 9.95. The van der Waals surface area contributed by atoms with Crippen LogP contribution in [0.2, 0.25) is 5.02 Å².